The van der Waals surface area contributed by atoms with Crippen LogP contribution in [0.1, 0.15) is 24.6 Å². The van der Waals surface area contributed by atoms with Crippen LogP contribution < -0.4 is 9.74 Å². The number of piperazine rings is 1. The Morgan fingerprint density at radius 3 is 2.86 bits per heavy atom. The van der Waals surface area contributed by atoms with Crippen LogP contribution in [-0.2, 0) is 11.2 Å². The topological polar surface area (TPSA) is 138 Å². The van der Waals surface area contributed by atoms with Crippen molar-refractivity contribution in [3.05, 3.63) is 45.7 Å². The van der Waals surface area contributed by atoms with E-state index >= 15 is 0 Å². The number of para-hydroxylation sites is 1. The number of nitrogens with zero attached hydrogens (tertiary/aromatic N) is 10. The molecule has 180 valence electrons. The molecule has 0 radical (unpaired) electrons. The van der Waals surface area contributed by atoms with E-state index in [1.54, 1.807) is 11.3 Å². The third-order valence-electron chi connectivity index (χ3n) is 5.90. The van der Waals surface area contributed by atoms with Gasteiger partial charge in [0.1, 0.15) is 28.3 Å². The summed E-state index contributed by atoms with van der Waals surface area (Å²) in [5.41, 5.74) is 10.4. The van der Waals surface area contributed by atoms with Gasteiger partial charge in [-0.05, 0) is 46.9 Å². The molecule has 0 N–H and O–H groups in total. The molecule has 1 aromatic carbocycles. The second-order valence-electron chi connectivity index (χ2n) is 8.08. The van der Waals surface area contributed by atoms with Gasteiger partial charge in [-0.25, -0.2) is 9.97 Å². The van der Waals surface area contributed by atoms with Gasteiger partial charge in [0.15, 0.2) is 0 Å². The van der Waals surface area contributed by atoms with E-state index in [0.29, 0.717) is 45.6 Å². The van der Waals surface area contributed by atoms with Crippen molar-refractivity contribution in [3.63, 3.8) is 0 Å². The average molecular weight is 493 g/mol. The lowest BCUT2D eigenvalue weighted by Crippen LogP contribution is -2.49. The number of thiophene rings is 1. The predicted molar refractivity (Wildman–Crippen MR) is 133 cm³/mol. The van der Waals surface area contributed by atoms with Crippen LogP contribution in [-0.4, -0.2) is 68.7 Å². The maximum absolute atomic E-state index is 12.7. The van der Waals surface area contributed by atoms with Crippen LogP contribution in [0.2, 0.25) is 0 Å². The minimum Gasteiger partial charge on any atom is -0.395 e. The predicted octanol–water partition coefficient (Wildman–Crippen LogP) is 3.50. The molecule has 1 aliphatic rings. The first-order chi connectivity index (χ1) is 17.2. The molecule has 3 aromatic heterocycles. The number of benzene rings is 1. The molecule has 0 bridgehead atoms. The highest BCUT2D eigenvalue weighted by Gasteiger charge is 2.24. The van der Waals surface area contributed by atoms with Crippen molar-refractivity contribution in [2.45, 2.75) is 26.2 Å². The number of amides is 1. The number of hydrogen-bond donors (Lipinski definition) is 0. The number of azide groups is 1. The number of aryl methyl sites for hydroxylation is 1. The fraction of sp³-hybridized carbons (Fsp3) is 0.409. The van der Waals surface area contributed by atoms with Gasteiger partial charge in [0.25, 0.3) is 0 Å². The highest BCUT2D eigenvalue weighted by atomic mass is 32.1. The molecule has 1 saturated heterocycles. The summed E-state index contributed by atoms with van der Waals surface area (Å²) in [6.07, 6.45) is 1.89. The summed E-state index contributed by atoms with van der Waals surface area (Å²) in [6.45, 7) is 4.95. The number of rotatable bonds is 8. The van der Waals surface area contributed by atoms with Gasteiger partial charge in [-0.2, -0.15) is 0 Å². The van der Waals surface area contributed by atoms with E-state index in [1.165, 1.54) is 9.72 Å². The molecular weight excluding hydrogens is 468 g/mol. The number of carbonyl (C=O) groups excluding carboxylic acids is 1. The molecule has 35 heavy (non-hydrogen) atoms. The molecule has 0 aliphatic carbocycles. The molecule has 0 saturated carbocycles. The zero-order chi connectivity index (χ0) is 24.2. The van der Waals surface area contributed by atoms with E-state index in [1.807, 2.05) is 29.2 Å². The quantitative estimate of drug-likeness (QED) is 0.159. The molecule has 4 heterocycles. The fourth-order valence-electron chi connectivity index (χ4n) is 4.09. The van der Waals surface area contributed by atoms with Gasteiger partial charge >= 0.3 is 0 Å². The van der Waals surface area contributed by atoms with Crippen molar-refractivity contribution in [2.24, 2.45) is 5.11 Å². The third-order valence-corrected chi connectivity index (χ3v) is 7.07. The maximum atomic E-state index is 12.7. The maximum Gasteiger partial charge on any atom is 0.222 e. The second-order valence-corrected chi connectivity index (χ2v) is 9.19. The molecule has 1 aliphatic heterocycles. The Bertz CT molecular complexity index is 1400. The lowest BCUT2D eigenvalue weighted by molar-refractivity contribution is -0.131. The average Bonchev–Trinajstić information content (AvgIpc) is 3.50. The Hall–Kier alpha value is -3.96. The fourth-order valence-corrected chi connectivity index (χ4v) is 5.05. The van der Waals surface area contributed by atoms with Crippen LogP contribution in [0.3, 0.4) is 0 Å². The van der Waals surface area contributed by atoms with Gasteiger partial charge < -0.3 is 14.6 Å². The first-order valence-electron chi connectivity index (χ1n) is 11.5. The standard InChI is InChI=1S/C22H24N10O2S/c1-2-15-14-16-20(24-22(27-28-23)25-21(16)35-15)31-11-9-30(10-12-31)19(33)8-5-13-34-32-18-7-4-3-6-17(18)26-29-32/h3-4,6-7,14H,2,5,8-13H2,1H3. The summed E-state index contributed by atoms with van der Waals surface area (Å²) in [4.78, 5) is 37.6. The smallest absolute Gasteiger partial charge is 0.222 e. The highest BCUT2D eigenvalue weighted by Crippen LogP contribution is 2.33. The van der Waals surface area contributed by atoms with Gasteiger partial charge in [-0.1, -0.05) is 23.9 Å². The molecule has 4 aromatic rings. The van der Waals surface area contributed by atoms with E-state index in [2.05, 4.69) is 48.2 Å². The van der Waals surface area contributed by atoms with Crippen LogP contribution in [0, 0.1) is 0 Å². The Morgan fingerprint density at radius 1 is 1.23 bits per heavy atom. The Morgan fingerprint density at radius 2 is 2.06 bits per heavy atom. The number of aromatic nitrogens is 5. The van der Waals surface area contributed by atoms with Gasteiger partial charge in [-0.3, -0.25) is 4.79 Å². The number of hydrogen-bond acceptors (Lipinski definition) is 9. The summed E-state index contributed by atoms with van der Waals surface area (Å²) < 4.78 is 0. The number of anilines is 1. The van der Waals surface area contributed by atoms with Crippen LogP contribution >= 0.6 is 11.3 Å². The van der Waals surface area contributed by atoms with E-state index in [0.717, 1.165) is 33.5 Å². The number of fused-ring (bicyclic) bond motifs is 2. The molecule has 12 nitrogen and oxygen atoms in total. The van der Waals surface area contributed by atoms with E-state index in [9.17, 15) is 4.79 Å². The van der Waals surface area contributed by atoms with Crippen LogP contribution in [0.15, 0.2) is 35.4 Å². The zero-order valence-electron chi connectivity index (χ0n) is 19.2. The Balaban J connectivity index is 1.16. The van der Waals surface area contributed by atoms with E-state index < -0.39 is 0 Å². The summed E-state index contributed by atoms with van der Waals surface area (Å²) >= 11 is 1.58. The van der Waals surface area contributed by atoms with Crippen molar-refractivity contribution in [2.75, 3.05) is 37.7 Å². The van der Waals surface area contributed by atoms with Crippen molar-refractivity contribution >= 4 is 50.3 Å². The Labute approximate surface area is 204 Å². The van der Waals surface area contributed by atoms with E-state index in [4.69, 9.17) is 10.4 Å². The van der Waals surface area contributed by atoms with Gasteiger partial charge in [0, 0.05) is 42.4 Å². The summed E-state index contributed by atoms with van der Waals surface area (Å²) in [6, 6.07) is 9.66. The monoisotopic (exact) mass is 492 g/mol. The zero-order valence-corrected chi connectivity index (χ0v) is 20.1. The van der Waals surface area contributed by atoms with Crippen LogP contribution in [0.4, 0.5) is 11.8 Å². The second kappa shape index (κ2) is 10.1. The van der Waals surface area contributed by atoms with Gasteiger partial charge in [0.2, 0.25) is 11.9 Å². The highest BCUT2D eigenvalue weighted by molar-refractivity contribution is 7.18. The lowest BCUT2D eigenvalue weighted by Gasteiger charge is -2.35. The molecule has 0 atom stereocenters. The van der Waals surface area contributed by atoms with Gasteiger partial charge in [-0.15, -0.1) is 16.4 Å². The molecule has 13 heteroatoms. The van der Waals surface area contributed by atoms with Crippen molar-refractivity contribution in [1.82, 2.24) is 30.0 Å². The largest absolute Gasteiger partial charge is 0.395 e. The normalized spacial score (nSPS) is 13.9. The summed E-state index contributed by atoms with van der Waals surface area (Å²) in [5, 5.41) is 12.6. The van der Waals surface area contributed by atoms with Crippen molar-refractivity contribution in [1.29, 1.82) is 0 Å². The lowest BCUT2D eigenvalue weighted by atomic mass is 10.2. The summed E-state index contributed by atoms with van der Waals surface area (Å²) in [5.74, 6) is 0.982. The minimum absolute atomic E-state index is 0.100. The SMILES string of the molecule is CCc1cc2c(N3CCN(C(=O)CCCOn4nnc5ccccc54)CC3)nc(N=[N+]=[N-])nc2s1. The van der Waals surface area contributed by atoms with Crippen molar-refractivity contribution in [3.8, 4) is 0 Å². The summed E-state index contributed by atoms with van der Waals surface area (Å²) in [7, 11) is 0. The van der Waals surface area contributed by atoms with Crippen LogP contribution in [0.25, 0.3) is 31.7 Å². The first-order valence-corrected chi connectivity index (χ1v) is 12.3. The molecule has 1 fully saturated rings. The third kappa shape index (κ3) is 4.81. The van der Waals surface area contributed by atoms with Crippen molar-refractivity contribution < 1.29 is 9.63 Å². The number of carbonyl (C=O) groups is 1. The molecular formula is C22H24N10O2S. The first kappa shape index (κ1) is 22.8. The molecule has 1 amide bonds. The van der Waals surface area contributed by atoms with Gasteiger partial charge in [0.05, 0.1) is 5.39 Å². The molecule has 0 spiro atoms. The molecule has 0 unspecified atom stereocenters. The minimum atomic E-state index is 0.100. The molecule has 5 rings (SSSR count). The van der Waals surface area contributed by atoms with E-state index in [-0.39, 0.29) is 11.9 Å². The van der Waals surface area contributed by atoms with Crippen LogP contribution in [0.5, 0.6) is 0 Å². The Kier molecular flexibility index (Phi) is 6.59.